The number of ether oxygens (including phenoxy) is 3. The zero-order chi connectivity index (χ0) is 59.9. The van der Waals surface area contributed by atoms with Gasteiger partial charge in [0.15, 0.2) is 6.10 Å². The van der Waals surface area contributed by atoms with Gasteiger partial charge in [-0.1, -0.05) is 274 Å². The molecule has 0 aliphatic rings. The van der Waals surface area contributed by atoms with E-state index in [9.17, 15) is 14.4 Å². The van der Waals surface area contributed by atoms with Crippen molar-refractivity contribution in [3.05, 3.63) is 182 Å². The van der Waals surface area contributed by atoms with Crippen LogP contribution in [0.3, 0.4) is 0 Å². The van der Waals surface area contributed by atoms with Crippen LogP contribution in [-0.4, -0.2) is 37.2 Å². The van der Waals surface area contributed by atoms with Crippen LogP contribution in [0.1, 0.15) is 265 Å². The summed E-state index contributed by atoms with van der Waals surface area (Å²) in [6, 6.07) is 0. The third kappa shape index (κ3) is 67.2. The van der Waals surface area contributed by atoms with Gasteiger partial charge in [0.05, 0.1) is 0 Å². The molecule has 0 bridgehead atoms. The quantitative estimate of drug-likeness (QED) is 0.0261. The van der Waals surface area contributed by atoms with Crippen molar-refractivity contribution in [3.63, 3.8) is 0 Å². The summed E-state index contributed by atoms with van der Waals surface area (Å²) in [7, 11) is 0. The minimum atomic E-state index is -0.830. The summed E-state index contributed by atoms with van der Waals surface area (Å²) in [5.74, 6) is -1.02. The van der Waals surface area contributed by atoms with Crippen LogP contribution in [0, 0.1) is 0 Å². The second-order valence-corrected chi connectivity index (χ2v) is 21.3. The van der Waals surface area contributed by atoms with Gasteiger partial charge in [-0.25, -0.2) is 0 Å². The van der Waals surface area contributed by atoms with Gasteiger partial charge < -0.3 is 14.2 Å². The fourth-order valence-corrected chi connectivity index (χ4v) is 8.46. The Labute approximate surface area is 510 Å². The summed E-state index contributed by atoms with van der Waals surface area (Å²) in [6.45, 7) is 6.31. The van der Waals surface area contributed by atoms with E-state index in [4.69, 9.17) is 14.2 Å². The molecule has 0 saturated heterocycles. The van der Waals surface area contributed by atoms with Crippen LogP contribution in [-0.2, 0) is 28.6 Å². The molecule has 0 saturated carbocycles. The third-order valence-corrected chi connectivity index (χ3v) is 13.4. The molecule has 464 valence electrons. The number of rotatable bonds is 58. The molecule has 0 rings (SSSR count). The maximum absolute atomic E-state index is 12.9. The number of carbonyl (C=O) groups excluding carboxylic acids is 3. The first-order chi connectivity index (χ1) is 41.0. The molecule has 6 nitrogen and oxygen atoms in total. The van der Waals surface area contributed by atoms with E-state index in [1.165, 1.54) is 70.6 Å². The normalized spacial score (nSPS) is 13.3. The van der Waals surface area contributed by atoms with Crippen molar-refractivity contribution < 1.29 is 28.6 Å². The molecule has 1 atom stereocenters. The average Bonchev–Trinajstić information content (AvgIpc) is 3.49. The van der Waals surface area contributed by atoms with E-state index >= 15 is 0 Å². The lowest BCUT2D eigenvalue weighted by Crippen LogP contribution is -2.30. The van der Waals surface area contributed by atoms with Crippen molar-refractivity contribution in [1.82, 2.24) is 0 Å². The summed E-state index contributed by atoms with van der Waals surface area (Å²) in [5.41, 5.74) is 0. The number of unbranched alkanes of at least 4 members (excludes halogenated alkanes) is 17. The number of hydrogen-bond donors (Lipinski definition) is 0. The molecule has 0 heterocycles. The molecule has 0 aliphatic carbocycles. The lowest BCUT2D eigenvalue weighted by molar-refractivity contribution is -0.167. The SMILES string of the molecule is CC/C=C\C/C=C\C/C=C\C/C=C\C/C=C\C/C=C\C/C=C\C/C=C\C/C=C\CCCC(=O)OCC(COC(=O)CCCCC/C=C\C/C=C\C/C=C\CC)OC(=O)CCCCCCCCCC/C=C\C/C=C\C/C=C\CCCCCCC. The minimum absolute atomic E-state index is 0.123. The number of hydrogen-bond acceptors (Lipinski definition) is 6. The van der Waals surface area contributed by atoms with Crippen molar-refractivity contribution in [1.29, 1.82) is 0 Å². The van der Waals surface area contributed by atoms with Crippen molar-refractivity contribution >= 4 is 17.9 Å². The van der Waals surface area contributed by atoms with Crippen LogP contribution < -0.4 is 0 Å². The van der Waals surface area contributed by atoms with E-state index in [0.717, 1.165) is 148 Å². The Morgan fingerprint density at radius 3 is 0.795 bits per heavy atom. The molecule has 6 heteroatoms. The van der Waals surface area contributed by atoms with Crippen LogP contribution in [0.2, 0.25) is 0 Å². The monoisotopic (exact) mass is 1140 g/mol. The van der Waals surface area contributed by atoms with Gasteiger partial charge in [0.1, 0.15) is 13.2 Å². The highest BCUT2D eigenvalue weighted by molar-refractivity contribution is 5.71. The van der Waals surface area contributed by atoms with Gasteiger partial charge in [-0.3, -0.25) is 14.4 Å². The number of carbonyl (C=O) groups is 3. The summed E-state index contributed by atoms with van der Waals surface area (Å²) >= 11 is 0. The van der Waals surface area contributed by atoms with Crippen LogP contribution in [0.25, 0.3) is 0 Å². The van der Waals surface area contributed by atoms with Crippen molar-refractivity contribution in [2.24, 2.45) is 0 Å². The Balaban J connectivity index is 4.49. The smallest absolute Gasteiger partial charge is 0.306 e. The molecule has 0 spiro atoms. The van der Waals surface area contributed by atoms with E-state index in [0.29, 0.717) is 19.3 Å². The molecular formula is C77H120O6. The lowest BCUT2D eigenvalue weighted by Gasteiger charge is -2.18. The predicted molar refractivity (Wildman–Crippen MR) is 361 cm³/mol. The first-order valence-corrected chi connectivity index (χ1v) is 33.3. The van der Waals surface area contributed by atoms with E-state index in [1.807, 2.05) is 0 Å². The van der Waals surface area contributed by atoms with Gasteiger partial charge in [-0.2, -0.15) is 0 Å². The van der Waals surface area contributed by atoms with E-state index in [-0.39, 0.29) is 37.5 Å². The fraction of sp³-hybridized carbons (Fsp3) is 0.571. The second kappa shape index (κ2) is 69.0. The molecule has 0 aromatic rings. The standard InChI is InChI=1S/C77H120O6/c1-4-7-10-13-16-19-22-25-27-29-31-33-35-36-37-38-39-40-42-43-45-47-49-52-55-58-61-64-67-70-76(79)82-73-74(72-81-75(78)69-66-63-60-57-54-51-24-21-18-15-12-9-6-3)83-77(80)71-68-65-62-59-56-53-50-48-46-44-41-34-32-30-28-26-23-20-17-14-11-8-5-2/h7,9-10,12,16,18-19,21,23,25-27,30-33,36-37,39-41,43-45,49,51-52,54,58,61,74H,4-6,8,11,13-15,17,20,22,24,28-29,34-35,38,42,46-48,50,53,55-57,59-60,62-73H2,1-3H3/b10-7-,12-9-,19-16-,21-18-,26-23-,27-25-,32-30-,33-31-,37-36-,40-39-,44-41-,45-43-,52-49-,54-51-,61-58-. The zero-order valence-corrected chi connectivity index (χ0v) is 53.1. The highest BCUT2D eigenvalue weighted by Crippen LogP contribution is 2.14. The molecule has 1 unspecified atom stereocenters. The van der Waals surface area contributed by atoms with Crippen molar-refractivity contribution in [2.45, 2.75) is 271 Å². The Bertz CT molecular complexity index is 1940. The molecule has 0 amide bonds. The highest BCUT2D eigenvalue weighted by atomic mass is 16.6. The van der Waals surface area contributed by atoms with Gasteiger partial charge in [0, 0.05) is 19.3 Å². The molecule has 0 radical (unpaired) electrons. The van der Waals surface area contributed by atoms with Gasteiger partial charge in [0.25, 0.3) is 0 Å². The van der Waals surface area contributed by atoms with Gasteiger partial charge in [0.2, 0.25) is 0 Å². The molecule has 83 heavy (non-hydrogen) atoms. The summed E-state index contributed by atoms with van der Waals surface area (Å²) in [6.07, 6.45) is 103. The topological polar surface area (TPSA) is 78.9 Å². The minimum Gasteiger partial charge on any atom is -0.462 e. The number of allylic oxidation sites excluding steroid dienone is 30. The Hall–Kier alpha value is -5.49. The number of esters is 3. The van der Waals surface area contributed by atoms with Gasteiger partial charge in [-0.05, 0) is 154 Å². The first kappa shape index (κ1) is 77.5. The van der Waals surface area contributed by atoms with Crippen LogP contribution in [0.15, 0.2) is 182 Å². The average molecular weight is 1140 g/mol. The lowest BCUT2D eigenvalue weighted by atomic mass is 10.1. The third-order valence-electron chi connectivity index (χ3n) is 13.4. The van der Waals surface area contributed by atoms with Crippen LogP contribution in [0.4, 0.5) is 0 Å². The van der Waals surface area contributed by atoms with Crippen molar-refractivity contribution in [3.8, 4) is 0 Å². The highest BCUT2D eigenvalue weighted by Gasteiger charge is 2.19. The fourth-order valence-electron chi connectivity index (χ4n) is 8.46. The molecule has 0 aromatic carbocycles. The molecular weight excluding hydrogens is 1020 g/mol. The van der Waals surface area contributed by atoms with Crippen molar-refractivity contribution in [2.75, 3.05) is 13.2 Å². The largest absolute Gasteiger partial charge is 0.462 e. The maximum atomic E-state index is 12.9. The molecule has 0 aromatic heterocycles. The Morgan fingerprint density at radius 2 is 0.482 bits per heavy atom. The molecule has 0 aliphatic heterocycles. The second-order valence-electron chi connectivity index (χ2n) is 21.3. The zero-order valence-electron chi connectivity index (χ0n) is 53.1. The Morgan fingerprint density at radius 1 is 0.253 bits per heavy atom. The van der Waals surface area contributed by atoms with Gasteiger partial charge >= 0.3 is 17.9 Å². The Kier molecular flexibility index (Phi) is 64.4. The predicted octanol–water partition coefficient (Wildman–Crippen LogP) is 23.2. The van der Waals surface area contributed by atoms with E-state index < -0.39 is 6.10 Å². The molecule has 0 N–H and O–H groups in total. The summed E-state index contributed by atoms with van der Waals surface area (Å²) in [4.78, 5) is 38.3. The maximum Gasteiger partial charge on any atom is 0.306 e. The summed E-state index contributed by atoms with van der Waals surface area (Å²) < 4.78 is 16.8. The van der Waals surface area contributed by atoms with E-state index in [2.05, 4.69) is 203 Å². The summed E-state index contributed by atoms with van der Waals surface area (Å²) in [5, 5.41) is 0. The van der Waals surface area contributed by atoms with Crippen LogP contribution >= 0.6 is 0 Å². The van der Waals surface area contributed by atoms with E-state index in [1.54, 1.807) is 0 Å². The van der Waals surface area contributed by atoms with Gasteiger partial charge in [-0.15, -0.1) is 0 Å². The first-order valence-electron chi connectivity index (χ1n) is 33.3. The van der Waals surface area contributed by atoms with Crippen LogP contribution in [0.5, 0.6) is 0 Å². The molecule has 0 fully saturated rings.